The molecule has 0 bridgehead atoms. The molecule has 0 unspecified atom stereocenters. The molecule has 0 aliphatic carbocycles. The number of ether oxygens (including phenoxy) is 1. The maximum atomic E-state index is 12.3. The van der Waals surface area contributed by atoms with E-state index in [9.17, 15) is 9.59 Å². The highest BCUT2D eigenvalue weighted by atomic mass is 16.5. The zero-order valence-electron chi connectivity index (χ0n) is 14.2. The van der Waals surface area contributed by atoms with Crippen LogP contribution in [0.3, 0.4) is 0 Å². The normalized spacial score (nSPS) is 10.8. The smallest absolute Gasteiger partial charge is 0.253 e. The van der Waals surface area contributed by atoms with Gasteiger partial charge in [-0.15, -0.1) is 0 Å². The number of aromatic nitrogens is 1. The van der Waals surface area contributed by atoms with Crippen molar-refractivity contribution in [3.8, 4) is 5.75 Å². The van der Waals surface area contributed by atoms with Crippen LogP contribution in [0, 0.1) is 0 Å². The second kappa shape index (κ2) is 8.49. The molecule has 1 aromatic heterocycles. The summed E-state index contributed by atoms with van der Waals surface area (Å²) in [6, 6.07) is 7.30. The predicted molar refractivity (Wildman–Crippen MR) is 93.1 cm³/mol. The van der Waals surface area contributed by atoms with E-state index in [0.29, 0.717) is 31.6 Å². The van der Waals surface area contributed by atoms with Crippen LogP contribution in [-0.4, -0.2) is 40.7 Å². The molecule has 0 aliphatic heterocycles. The van der Waals surface area contributed by atoms with Crippen molar-refractivity contribution in [3.63, 3.8) is 0 Å². The number of carbonyl (C=O) groups is 1. The first kappa shape index (κ1) is 18.0. The molecule has 0 atom stereocenters. The van der Waals surface area contributed by atoms with E-state index in [-0.39, 0.29) is 24.6 Å². The highest BCUT2D eigenvalue weighted by Crippen LogP contribution is 2.19. The number of H-pyrrole nitrogens is 1. The number of aliphatic hydroxyl groups excluding tert-OH is 1. The molecule has 0 saturated heterocycles. The first-order valence-electron chi connectivity index (χ1n) is 8.26. The van der Waals surface area contributed by atoms with E-state index >= 15 is 0 Å². The van der Waals surface area contributed by atoms with Crippen LogP contribution >= 0.6 is 0 Å². The van der Waals surface area contributed by atoms with Crippen LogP contribution in [0.2, 0.25) is 0 Å². The van der Waals surface area contributed by atoms with Crippen molar-refractivity contribution in [2.24, 2.45) is 0 Å². The zero-order chi connectivity index (χ0) is 17.5. The third-order valence-electron chi connectivity index (χ3n) is 3.81. The second-order valence-electron chi connectivity index (χ2n) is 5.55. The minimum Gasteiger partial charge on any atom is -0.494 e. The number of nitrogens with one attached hydrogen (secondary N) is 1. The summed E-state index contributed by atoms with van der Waals surface area (Å²) in [5.74, 6) is 0.704. The van der Waals surface area contributed by atoms with Crippen molar-refractivity contribution in [1.29, 1.82) is 0 Å². The van der Waals surface area contributed by atoms with E-state index in [2.05, 4.69) is 4.98 Å². The fraction of sp³-hybridized carbons (Fsp3) is 0.444. The topological polar surface area (TPSA) is 82.6 Å². The molecule has 6 nitrogen and oxygen atoms in total. The second-order valence-corrected chi connectivity index (χ2v) is 5.55. The van der Waals surface area contributed by atoms with Gasteiger partial charge in [-0.05, 0) is 37.6 Å². The predicted octanol–water partition coefficient (Wildman–Crippen LogP) is 2.05. The summed E-state index contributed by atoms with van der Waals surface area (Å²) >= 11 is 0. The molecule has 24 heavy (non-hydrogen) atoms. The number of fused-ring (bicyclic) bond motifs is 1. The van der Waals surface area contributed by atoms with Crippen LogP contribution in [-0.2, 0) is 11.3 Å². The Morgan fingerprint density at radius 3 is 2.75 bits per heavy atom. The molecule has 2 rings (SSSR count). The molecule has 0 radical (unpaired) electrons. The lowest BCUT2D eigenvalue weighted by Gasteiger charge is -2.21. The van der Waals surface area contributed by atoms with Crippen LogP contribution in [0.25, 0.3) is 10.9 Å². The molecule has 1 amide bonds. The number of rotatable bonds is 8. The molecule has 1 heterocycles. The maximum Gasteiger partial charge on any atom is 0.253 e. The SMILES string of the molecule is CCOc1ccc2[nH]c(=O)c(CN(CCCO)C(=O)CC)cc2c1. The lowest BCUT2D eigenvalue weighted by molar-refractivity contribution is -0.131. The van der Waals surface area contributed by atoms with Crippen LogP contribution in [0.15, 0.2) is 29.1 Å². The number of nitrogens with zero attached hydrogens (tertiary/aromatic N) is 1. The number of hydrogen-bond donors (Lipinski definition) is 2. The number of aliphatic hydroxyl groups is 1. The van der Waals surface area contributed by atoms with Crippen molar-refractivity contribution in [2.75, 3.05) is 19.8 Å². The van der Waals surface area contributed by atoms with Gasteiger partial charge in [0.15, 0.2) is 0 Å². The van der Waals surface area contributed by atoms with Gasteiger partial charge in [0.25, 0.3) is 5.56 Å². The Bertz CT molecular complexity index is 754. The summed E-state index contributed by atoms with van der Waals surface area (Å²) in [7, 11) is 0. The van der Waals surface area contributed by atoms with Crippen LogP contribution in [0.4, 0.5) is 0 Å². The molecule has 2 aromatic rings. The van der Waals surface area contributed by atoms with Gasteiger partial charge in [0.1, 0.15) is 5.75 Å². The van der Waals surface area contributed by atoms with Gasteiger partial charge < -0.3 is 19.7 Å². The zero-order valence-corrected chi connectivity index (χ0v) is 14.2. The summed E-state index contributed by atoms with van der Waals surface area (Å²) in [6.07, 6.45) is 0.858. The molecule has 130 valence electrons. The largest absolute Gasteiger partial charge is 0.494 e. The molecule has 2 N–H and O–H groups in total. The Balaban J connectivity index is 2.33. The van der Waals surface area contributed by atoms with Gasteiger partial charge in [0, 0.05) is 36.0 Å². The summed E-state index contributed by atoms with van der Waals surface area (Å²) in [6.45, 7) is 4.95. The van der Waals surface area contributed by atoms with Crippen molar-refractivity contribution < 1.29 is 14.6 Å². The fourth-order valence-electron chi connectivity index (χ4n) is 2.59. The van der Waals surface area contributed by atoms with Crippen LogP contribution < -0.4 is 10.3 Å². The third-order valence-corrected chi connectivity index (χ3v) is 3.81. The van der Waals surface area contributed by atoms with Crippen molar-refractivity contribution in [1.82, 2.24) is 9.88 Å². The molecular weight excluding hydrogens is 308 g/mol. The summed E-state index contributed by atoms with van der Waals surface area (Å²) < 4.78 is 5.49. The van der Waals surface area contributed by atoms with Gasteiger partial charge in [-0.1, -0.05) is 6.92 Å². The van der Waals surface area contributed by atoms with Gasteiger partial charge in [0.2, 0.25) is 5.91 Å². The van der Waals surface area contributed by atoms with Crippen molar-refractivity contribution >= 4 is 16.8 Å². The van der Waals surface area contributed by atoms with E-state index < -0.39 is 0 Å². The van der Waals surface area contributed by atoms with Crippen LogP contribution in [0.5, 0.6) is 5.75 Å². The van der Waals surface area contributed by atoms with Gasteiger partial charge in [-0.3, -0.25) is 9.59 Å². The first-order valence-corrected chi connectivity index (χ1v) is 8.26. The molecular formula is C18H24N2O4. The monoisotopic (exact) mass is 332 g/mol. The first-order chi connectivity index (χ1) is 11.6. The van der Waals surface area contributed by atoms with Gasteiger partial charge >= 0.3 is 0 Å². The van der Waals surface area contributed by atoms with Gasteiger partial charge in [-0.2, -0.15) is 0 Å². The van der Waals surface area contributed by atoms with E-state index in [0.717, 1.165) is 16.7 Å². The maximum absolute atomic E-state index is 12.3. The number of hydrogen-bond acceptors (Lipinski definition) is 4. The lowest BCUT2D eigenvalue weighted by atomic mass is 10.1. The number of amides is 1. The molecule has 1 aromatic carbocycles. The van der Waals surface area contributed by atoms with Crippen molar-refractivity contribution in [2.45, 2.75) is 33.2 Å². The Labute approximate surface area is 141 Å². The Morgan fingerprint density at radius 2 is 2.08 bits per heavy atom. The summed E-state index contributed by atoms with van der Waals surface area (Å²) in [5.41, 5.74) is 1.05. The Kier molecular flexibility index (Phi) is 6.37. The average molecular weight is 332 g/mol. The van der Waals surface area contributed by atoms with E-state index in [1.807, 2.05) is 25.1 Å². The van der Waals surface area contributed by atoms with Gasteiger partial charge in [0.05, 0.1) is 13.2 Å². The van der Waals surface area contributed by atoms with Gasteiger partial charge in [-0.25, -0.2) is 0 Å². The van der Waals surface area contributed by atoms with E-state index in [1.165, 1.54) is 0 Å². The standard InChI is InChI=1S/C18H24N2O4/c1-3-17(22)20(8-5-9-21)12-14-10-13-11-15(24-4-2)6-7-16(13)19-18(14)23/h6-7,10-11,21H,3-5,8-9,12H2,1-2H3,(H,19,23). The lowest BCUT2D eigenvalue weighted by Crippen LogP contribution is -2.33. The van der Waals surface area contributed by atoms with Crippen LogP contribution in [0.1, 0.15) is 32.3 Å². The fourth-order valence-corrected chi connectivity index (χ4v) is 2.59. The number of carbonyl (C=O) groups excluding carboxylic acids is 1. The number of pyridine rings is 1. The van der Waals surface area contributed by atoms with Crippen molar-refractivity contribution in [3.05, 3.63) is 40.2 Å². The Hall–Kier alpha value is -2.34. The number of aromatic amines is 1. The highest BCUT2D eigenvalue weighted by molar-refractivity contribution is 5.81. The molecule has 0 fully saturated rings. The van der Waals surface area contributed by atoms with E-state index in [4.69, 9.17) is 9.84 Å². The summed E-state index contributed by atoms with van der Waals surface area (Å²) in [5, 5.41) is 9.86. The molecule has 6 heteroatoms. The number of benzene rings is 1. The quantitative estimate of drug-likeness (QED) is 0.775. The summed E-state index contributed by atoms with van der Waals surface area (Å²) in [4.78, 5) is 28.8. The molecule has 0 saturated carbocycles. The Morgan fingerprint density at radius 1 is 1.29 bits per heavy atom. The average Bonchev–Trinajstić information content (AvgIpc) is 2.58. The minimum atomic E-state index is -0.204. The molecule has 0 aliphatic rings. The minimum absolute atomic E-state index is 0.0132. The molecule has 0 spiro atoms. The van der Waals surface area contributed by atoms with E-state index in [1.54, 1.807) is 17.9 Å². The highest BCUT2D eigenvalue weighted by Gasteiger charge is 2.14. The third kappa shape index (κ3) is 4.35.